The zero-order chi connectivity index (χ0) is 44.9. The van der Waals surface area contributed by atoms with Crippen LogP contribution in [0.15, 0.2) is 55.0 Å². The van der Waals surface area contributed by atoms with Crippen molar-refractivity contribution in [1.29, 1.82) is 0 Å². The standard InChI is InChI=1S/C46H52Cl2FN9O6/c47-34-10-11-35(49)42(48)32(34)16-20-64-38-21-29(23-52-43(38)50)30-24-53-57(27-30)31-14-18-55(19-15-31)17-5-3-1-2-4-9-40(60)56-25-28(26-56)22-51-36-8-6-7-33-41(36)46(63)58(45(33)62)37-12-13-39(59)54-44(37)61/h6-8,10-11,21,23-24,27-28,31,37,51H,1-5,9,12-20,22,25-26H2,(H2,50,52)(H,54,59,61)/t37-/m0/s1. The average molecular weight is 917 g/mol. The number of halogens is 3. The maximum atomic E-state index is 13.9. The number of piperidine rings is 2. The highest BCUT2D eigenvalue weighted by Gasteiger charge is 2.45. The largest absolute Gasteiger partial charge is 0.489 e. The molecule has 3 saturated heterocycles. The summed E-state index contributed by atoms with van der Waals surface area (Å²) in [5.41, 5.74) is 9.32. The van der Waals surface area contributed by atoms with Gasteiger partial charge in [0, 0.05) is 92.1 Å². The maximum Gasteiger partial charge on any atom is 0.264 e. The number of nitrogen functional groups attached to an aromatic ring is 1. The number of nitrogens with one attached hydrogen (secondary N) is 2. The highest BCUT2D eigenvalue weighted by Crippen LogP contribution is 2.34. The second kappa shape index (κ2) is 20.1. The molecule has 0 aliphatic carbocycles. The molecule has 0 radical (unpaired) electrons. The van der Waals surface area contributed by atoms with Gasteiger partial charge in [0.15, 0.2) is 11.6 Å². The van der Waals surface area contributed by atoms with Gasteiger partial charge in [-0.2, -0.15) is 5.10 Å². The predicted octanol–water partition coefficient (Wildman–Crippen LogP) is 6.54. The van der Waals surface area contributed by atoms with Gasteiger partial charge in [0.1, 0.15) is 11.9 Å². The van der Waals surface area contributed by atoms with Gasteiger partial charge >= 0.3 is 0 Å². The lowest BCUT2D eigenvalue weighted by Crippen LogP contribution is -2.54. The molecular formula is C46H52Cl2FN9O6. The number of amides is 5. The second-order valence-corrected chi connectivity index (χ2v) is 17.8. The first kappa shape index (κ1) is 45.0. The molecule has 15 nitrogen and oxygen atoms in total. The van der Waals surface area contributed by atoms with Crippen LogP contribution in [0.25, 0.3) is 11.1 Å². The van der Waals surface area contributed by atoms with E-state index in [4.69, 9.17) is 33.7 Å². The number of anilines is 2. The molecule has 1 atom stereocenters. The van der Waals surface area contributed by atoms with E-state index >= 15 is 0 Å². The molecule has 8 rings (SSSR count). The molecule has 4 N–H and O–H groups in total. The molecule has 4 aliphatic heterocycles. The molecule has 2 aromatic carbocycles. The van der Waals surface area contributed by atoms with Gasteiger partial charge in [-0.05, 0) is 74.5 Å². The number of nitrogens with two attached hydrogens (primary N) is 1. The fourth-order valence-corrected chi connectivity index (χ4v) is 9.56. The van der Waals surface area contributed by atoms with E-state index in [0.717, 1.165) is 80.6 Å². The van der Waals surface area contributed by atoms with Crippen molar-refractivity contribution in [1.82, 2.24) is 34.8 Å². The topological polar surface area (TPSA) is 185 Å². The fourth-order valence-electron chi connectivity index (χ4n) is 9.00. The Morgan fingerprint density at radius 1 is 0.953 bits per heavy atom. The smallest absolute Gasteiger partial charge is 0.264 e. The third-order valence-corrected chi connectivity index (χ3v) is 13.5. The average Bonchev–Trinajstić information content (AvgIpc) is 3.86. The quantitative estimate of drug-likeness (QED) is 0.0559. The summed E-state index contributed by atoms with van der Waals surface area (Å²) in [6.07, 6.45) is 13.8. The van der Waals surface area contributed by atoms with Crippen LogP contribution in [0, 0.1) is 11.7 Å². The summed E-state index contributed by atoms with van der Waals surface area (Å²) in [4.78, 5) is 73.1. The van der Waals surface area contributed by atoms with E-state index in [1.807, 2.05) is 28.0 Å². The number of unbranched alkanes of at least 4 members (excludes halogenated alkanes) is 4. The molecule has 0 spiro atoms. The highest BCUT2D eigenvalue weighted by molar-refractivity contribution is 6.36. The van der Waals surface area contributed by atoms with Crippen LogP contribution in [-0.2, 0) is 20.8 Å². The van der Waals surface area contributed by atoms with E-state index in [0.29, 0.717) is 60.5 Å². The van der Waals surface area contributed by atoms with E-state index in [1.165, 1.54) is 12.1 Å². The molecule has 0 bridgehead atoms. The van der Waals surface area contributed by atoms with Crippen LogP contribution in [-0.4, -0.2) is 111 Å². The lowest BCUT2D eigenvalue weighted by Gasteiger charge is -2.39. The number of fused-ring (bicyclic) bond motifs is 1. The number of carbonyl (C=O) groups excluding carboxylic acids is 5. The molecule has 18 heteroatoms. The lowest BCUT2D eigenvalue weighted by molar-refractivity contribution is -0.137. The van der Waals surface area contributed by atoms with Crippen molar-refractivity contribution >= 4 is 64.2 Å². The summed E-state index contributed by atoms with van der Waals surface area (Å²) in [6.45, 7) is 5.09. The minimum absolute atomic E-state index is 0.0135. The van der Waals surface area contributed by atoms with Crippen LogP contribution in [0.4, 0.5) is 15.9 Å². The minimum atomic E-state index is -1.01. The van der Waals surface area contributed by atoms with Gasteiger partial charge in [0.25, 0.3) is 11.8 Å². The summed E-state index contributed by atoms with van der Waals surface area (Å²) in [5.74, 6) is -1.61. The third-order valence-electron chi connectivity index (χ3n) is 12.7. The van der Waals surface area contributed by atoms with Crippen molar-refractivity contribution in [2.75, 3.05) is 56.9 Å². The number of hydrogen-bond donors (Lipinski definition) is 3. The Balaban J connectivity index is 0.682. The minimum Gasteiger partial charge on any atom is -0.489 e. The van der Waals surface area contributed by atoms with Gasteiger partial charge < -0.3 is 25.6 Å². The monoisotopic (exact) mass is 915 g/mol. The van der Waals surface area contributed by atoms with Gasteiger partial charge in [0.05, 0.1) is 35.0 Å². The molecule has 64 heavy (non-hydrogen) atoms. The van der Waals surface area contributed by atoms with E-state index in [-0.39, 0.29) is 53.2 Å². The van der Waals surface area contributed by atoms with Gasteiger partial charge in [-0.25, -0.2) is 9.37 Å². The van der Waals surface area contributed by atoms with Crippen LogP contribution in [0.5, 0.6) is 5.75 Å². The van der Waals surface area contributed by atoms with Crippen molar-refractivity contribution in [3.05, 3.63) is 87.5 Å². The molecule has 6 heterocycles. The SMILES string of the molecule is Nc1ncc(-c2cnn(C3CCN(CCCCCCCC(=O)N4CC(CNc5cccc6c5C(=O)N([C@H]5CCC(=O)NC5=O)C6=O)C4)CC3)c2)cc1OCCc1c(Cl)ccc(F)c1Cl. The number of aromatic nitrogens is 3. The van der Waals surface area contributed by atoms with Crippen LogP contribution in [0.3, 0.4) is 0 Å². The first-order valence-corrected chi connectivity index (χ1v) is 22.8. The summed E-state index contributed by atoms with van der Waals surface area (Å²) in [5, 5.41) is 10.6. The Labute approximate surface area is 380 Å². The first-order chi connectivity index (χ1) is 30.9. The third kappa shape index (κ3) is 10.0. The molecular weight excluding hydrogens is 864 g/mol. The highest BCUT2D eigenvalue weighted by atomic mass is 35.5. The number of likely N-dealkylation sites (tertiary alicyclic amines) is 2. The predicted molar refractivity (Wildman–Crippen MR) is 240 cm³/mol. The molecule has 3 fully saturated rings. The molecule has 338 valence electrons. The zero-order valence-corrected chi connectivity index (χ0v) is 37.0. The van der Waals surface area contributed by atoms with Gasteiger partial charge in [-0.1, -0.05) is 48.5 Å². The summed E-state index contributed by atoms with van der Waals surface area (Å²) < 4.78 is 21.9. The number of nitrogens with zero attached hydrogens (tertiary/aromatic N) is 6. The Hall–Kier alpha value is -5.58. The number of hydrogen-bond acceptors (Lipinski definition) is 11. The molecule has 4 aliphatic rings. The summed E-state index contributed by atoms with van der Waals surface area (Å²) in [6, 6.07) is 8.85. The van der Waals surface area contributed by atoms with Crippen molar-refractivity contribution in [2.24, 2.45) is 5.92 Å². The van der Waals surface area contributed by atoms with E-state index in [1.54, 1.807) is 24.4 Å². The van der Waals surface area contributed by atoms with Crippen molar-refractivity contribution in [3.63, 3.8) is 0 Å². The second-order valence-electron chi connectivity index (χ2n) is 17.0. The van der Waals surface area contributed by atoms with Crippen molar-refractivity contribution < 1.29 is 33.1 Å². The lowest BCUT2D eigenvalue weighted by atomic mass is 9.98. The number of rotatable bonds is 18. The Bertz CT molecular complexity index is 2420. The molecule has 0 unspecified atom stereocenters. The molecule has 5 amide bonds. The normalized spacial score (nSPS) is 18.3. The molecule has 4 aromatic rings. The fraction of sp³-hybridized carbons (Fsp3) is 0.457. The first-order valence-electron chi connectivity index (χ1n) is 22.1. The van der Waals surface area contributed by atoms with Crippen molar-refractivity contribution in [2.45, 2.75) is 82.7 Å². The zero-order valence-electron chi connectivity index (χ0n) is 35.5. The molecule has 0 saturated carbocycles. The van der Waals surface area contributed by atoms with Gasteiger partial charge in [-0.15, -0.1) is 0 Å². The Morgan fingerprint density at radius 3 is 2.53 bits per heavy atom. The van der Waals surface area contributed by atoms with Crippen molar-refractivity contribution in [3.8, 4) is 16.9 Å². The van der Waals surface area contributed by atoms with E-state index in [2.05, 4.69) is 25.6 Å². The van der Waals surface area contributed by atoms with Crippen LogP contribution < -0.4 is 21.1 Å². The number of carbonyl (C=O) groups is 5. The molecule has 2 aromatic heterocycles. The van der Waals surface area contributed by atoms with Gasteiger partial charge in [0.2, 0.25) is 17.7 Å². The maximum absolute atomic E-state index is 13.9. The number of ether oxygens (including phenoxy) is 1. The van der Waals surface area contributed by atoms with E-state index < -0.39 is 35.5 Å². The Morgan fingerprint density at radius 2 is 1.73 bits per heavy atom. The number of pyridine rings is 1. The summed E-state index contributed by atoms with van der Waals surface area (Å²) >= 11 is 12.3. The van der Waals surface area contributed by atoms with Crippen LogP contribution >= 0.6 is 23.2 Å². The summed E-state index contributed by atoms with van der Waals surface area (Å²) in [7, 11) is 0. The van der Waals surface area contributed by atoms with Crippen LogP contribution in [0.1, 0.15) is 96.5 Å². The number of imide groups is 2. The number of benzene rings is 2. The Kier molecular flexibility index (Phi) is 14.1. The van der Waals surface area contributed by atoms with Gasteiger partial charge in [-0.3, -0.25) is 38.9 Å². The van der Waals surface area contributed by atoms with E-state index in [9.17, 15) is 28.4 Å². The van der Waals surface area contributed by atoms with Crippen LogP contribution in [0.2, 0.25) is 10.0 Å².